The minimum Gasteiger partial charge on any atom is -0.346 e. The Morgan fingerprint density at radius 1 is 1.37 bits per heavy atom. The molecule has 1 heterocycles. The molecule has 1 aromatic carbocycles. The molecule has 0 saturated heterocycles. The second-order valence-electron chi connectivity index (χ2n) is 4.51. The van der Waals surface area contributed by atoms with Gasteiger partial charge in [0.25, 0.3) is 5.91 Å². The van der Waals surface area contributed by atoms with Crippen molar-refractivity contribution in [3.63, 3.8) is 0 Å². The van der Waals surface area contributed by atoms with Crippen molar-refractivity contribution in [1.29, 1.82) is 0 Å². The number of thiazole rings is 1. The first-order chi connectivity index (χ1) is 9.06. The van der Waals surface area contributed by atoms with Gasteiger partial charge in [-0.05, 0) is 30.2 Å². The molecule has 100 valence electrons. The molecule has 0 atom stereocenters. The summed E-state index contributed by atoms with van der Waals surface area (Å²) < 4.78 is 0. The summed E-state index contributed by atoms with van der Waals surface area (Å²) in [6.07, 6.45) is 0. The van der Waals surface area contributed by atoms with Crippen LogP contribution in [0, 0.1) is 0 Å². The molecular formula is C14H15ClN2OS. The van der Waals surface area contributed by atoms with Crippen LogP contribution in [0.1, 0.15) is 40.8 Å². The van der Waals surface area contributed by atoms with Gasteiger partial charge in [0.2, 0.25) is 0 Å². The number of aromatic nitrogens is 1. The Morgan fingerprint density at radius 3 is 2.63 bits per heavy atom. The van der Waals surface area contributed by atoms with Crippen LogP contribution in [0.2, 0.25) is 5.02 Å². The Hall–Kier alpha value is -1.39. The zero-order chi connectivity index (χ0) is 13.8. The van der Waals surface area contributed by atoms with Crippen molar-refractivity contribution >= 4 is 28.8 Å². The number of carbonyl (C=O) groups excluding carboxylic acids is 1. The van der Waals surface area contributed by atoms with Crippen LogP contribution in [-0.2, 0) is 6.54 Å². The third-order valence-electron chi connectivity index (χ3n) is 2.67. The molecule has 2 aromatic rings. The Kier molecular flexibility index (Phi) is 4.56. The van der Waals surface area contributed by atoms with Crippen LogP contribution in [0.3, 0.4) is 0 Å². The zero-order valence-electron chi connectivity index (χ0n) is 10.8. The fourth-order valence-electron chi connectivity index (χ4n) is 1.53. The highest BCUT2D eigenvalue weighted by Gasteiger charge is 2.08. The van der Waals surface area contributed by atoms with Gasteiger partial charge >= 0.3 is 0 Å². The second-order valence-corrected chi connectivity index (χ2v) is 5.89. The average molecular weight is 295 g/mol. The third-order valence-corrected chi connectivity index (χ3v) is 3.79. The van der Waals surface area contributed by atoms with Gasteiger partial charge in [-0.3, -0.25) is 4.79 Å². The van der Waals surface area contributed by atoms with E-state index in [1.807, 2.05) is 5.38 Å². The summed E-state index contributed by atoms with van der Waals surface area (Å²) in [7, 11) is 0. The van der Waals surface area contributed by atoms with Crippen LogP contribution < -0.4 is 5.32 Å². The molecule has 2 rings (SSSR count). The van der Waals surface area contributed by atoms with E-state index < -0.39 is 0 Å². The number of hydrogen-bond acceptors (Lipinski definition) is 3. The summed E-state index contributed by atoms with van der Waals surface area (Å²) in [6, 6.07) is 6.82. The number of carbonyl (C=O) groups is 1. The SMILES string of the molecule is CC(C)c1csc(CNC(=O)c2ccc(Cl)cc2)n1. The van der Waals surface area contributed by atoms with Gasteiger partial charge in [0.15, 0.2) is 0 Å². The summed E-state index contributed by atoms with van der Waals surface area (Å²) in [5, 5.41) is 6.43. The maximum Gasteiger partial charge on any atom is 0.251 e. The summed E-state index contributed by atoms with van der Waals surface area (Å²) in [5.41, 5.74) is 1.67. The molecule has 3 nitrogen and oxygen atoms in total. The first-order valence-corrected chi connectivity index (χ1v) is 7.30. The van der Waals surface area contributed by atoms with E-state index in [4.69, 9.17) is 11.6 Å². The fraction of sp³-hybridized carbons (Fsp3) is 0.286. The van der Waals surface area contributed by atoms with Crippen molar-refractivity contribution in [2.45, 2.75) is 26.3 Å². The zero-order valence-corrected chi connectivity index (χ0v) is 12.4. The van der Waals surface area contributed by atoms with Crippen molar-refractivity contribution in [3.8, 4) is 0 Å². The molecule has 19 heavy (non-hydrogen) atoms. The molecule has 5 heteroatoms. The molecule has 0 aliphatic carbocycles. The minimum atomic E-state index is -0.113. The smallest absolute Gasteiger partial charge is 0.251 e. The van der Waals surface area contributed by atoms with Gasteiger partial charge in [-0.25, -0.2) is 4.98 Å². The highest BCUT2D eigenvalue weighted by Crippen LogP contribution is 2.17. The standard InChI is InChI=1S/C14H15ClN2OS/c1-9(2)12-8-19-13(17-12)7-16-14(18)10-3-5-11(15)6-4-10/h3-6,8-9H,7H2,1-2H3,(H,16,18). The monoisotopic (exact) mass is 294 g/mol. The lowest BCUT2D eigenvalue weighted by atomic mass is 10.2. The number of nitrogens with zero attached hydrogens (tertiary/aromatic N) is 1. The van der Waals surface area contributed by atoms with E-state index in [1.165, 1.54) is 0 Å². The maximum absolute atomic E-state index is 11.9. The minimum absolute atomic E-state index is 0.113. The Bertz CT molecular complexity index is 563. The predicted molar refractivity (Wildman–Crippen MR) is 78.8 cm³/mol. The van der Waals surface area contributed by atoms with Gasteiger partial charge in [-0.15, -0.1) is 11.3 Å². The molecule has 1 aromatic heterocycles. The van der Waals surface area contributed by atoms with E-state index in [-0.39, 0.29) is 5.91 Å². The predicted octanol–water partition coefficient (Wildman–Crippen LogP) is 3.85. The van der Waals surface area contributed by atoms with E-state index in [0.29, 0.717) is 23.0 Å². The van der Waals surface area contributed by atoms with Gasteiger partial charge in [0.1, 0.15) is 5.01 Å². The van der Waals surface area contributed by atoms with E-state index >= 15 is 0 Å². The number of hydrogen-bond donors (Lipinski definition) is 1. The number of rotatable bonds is 4. The van der Waals surface area contributed by atoms with Gasteiger partial charge in [0.05, 0.1) is 12.2 Å². The van der Waals surface area contributed by atoms with Crippen molar-refractivity contribution in [2.24, 2.45) is 0 Å². The Morgan fingerprint density at radius 2 is 2.05 bits per heavy atom. The molecule has 0 fully saturated rings. The van der Waals surface area contributed by atoms with E-state index in [9.17, 15) is 4.79 Å². The second kappa shape index (κ2) is 6.17. The van der Waals surface area contributed by atoms with Gasteiger partial charge in [-0.2, -0.15) is 0 Å². The van der Waals surface area contributed by atoms with Crippen LogP contribution >= 0.6 is 22.9 Å². The molecule has 0 radical (unpaired) electrons. The Labute approximate surface area is 121 Å². The van der Waals surface area contributed by atoms with Crippen molar-refractivity contribution < 1.29 is 4.79 Å². The molecular weight excluding hydrogens is 280 g/mol. The molecule has 0 spiro atoms. The first kappa shape index (κ1) is 14.0. The number of benzene rings is 1. The number of amides is 1. The topological polar surface area (TPSA) is 42.0 Å². The lowest BCUT2D eigenvalue weighted by Gasteiger charge is -2.03. The molecule has 0 aliphatic rings. The van der Waals surface area contributed by atoms with E-state index in [0.717, 1.165) is 10.7 Å². The summed E-state index contributed by atoms with van der Waals surface area (Å²) in [4.78, 5) is 16.4. The van der Waals surface area contributed by atoms with Crippen molar-refractivity contribution in [1.82, 2.24) is 10.3 Å². The highest BCUT2D eigenvalue weighted by atomic mass is 35.5. The Balaban J connectivity index is 1.94. The van der Waals surface area contributed by atoms with Crippen LogP contribution in [0.4, 0.5) is 0 Å². The molecule has 0 saturated carbocycles. The first-order valence-electron chi connectivity index (χ1n) is 6.04. The van der Waals surface area contributed by atoms with Gasteiger partial charge in [0, 0.05) is 16.0 Å². The van der Waals surface area contributed by atoms with Crippen LogP contribution in [-0.4, -0.2) is 10.9 Å². The molecule has 0 aliphatic heterocycles. The van der Waals surface area contributed by atoms with Gasteiger partial charge in [-0.1, -0.05) is 25.4 Å². The molecule has 1 N–H and O–H groups in total. The largest absolute Gasteiger partial charge is 0.346 e. The van der Waals surface area contributed by atoms with E-state index in [1.54, 1.807) is 35.6 Å². The molecule has 0 bridgehead atoms. The maximum atomic E-state index is 11.9. The summed E-state index contributed by atoms with van der Waals surface area (Å²) in [5.74, 6) is 0.301. The van der Waals surface area contributed by atoms with Crippen LogP contribution in [0.25, 0.3) is 0 Å². The highest BCUT2D eigenvalue weighted by molar-refractivity contribution is 7.09. The number of halogens is 1. The van der Waals surface area contributed by atoms with Crippen LogP contribution in [0.5, 0.6) is 0 Å². The fourth-order valence-corrected chi connectivity index (χ4v) is 2.55. The summed E-state index contributed by atoms with van der Waals surface area (Å²) in [6.45, 7) is 4.66. The van der Waals surface area contributed by atoms with Crippen LogP contribution in [0.15, 0.2) is 29.6 Å². The normalized spacial score (nSPS) is 10.7. The van der Waals surface area contributed by atoms with Gasteiger partial charge < -0.3 is 5.32 Å². The van der Waals surface area contributed by atoms with Crippen molar-refractivity contribution in [3.05, 3.63) is 50.9 Å². The number of nitrogens with one attached hydrogen (secondary N) is 1. The third kappa shape index (κ3) is 3.78. The quantitative estimate of drug-likeness (QED) is 0.930. The lowest BCUT2D eigenvalue weighted by molar-refractivity contribution is 0.0951. The average Bonchev–Trinajstić information content (AvgIpc) is 2.86. The molecule has 1 amide bonds. The molecule has 0 unspecified atom stereocenters. The van der Waals surface area contributed by atoms with E-state index in [2.05, 4.69) is 24.1 Å². The summed E-state index contributed by atoms with van der Waals surface area (Å²) >= 11 is 7.35. The van der Waals surface area contributed by atoms with Crippen molar-refractivity contribution in [2.75, 3.05) is 0 Å². The lowest BCUT2D eigenvalue weighted by Crippen LogP contribution is -2.22.